The maximum absolute atomic E-state index is 17.4. The van der Waals surface area contributed by atoms with Gasteiger partial charge in [0.2, 0.25) is 5.88 Å². The number of aliphatic hydroxyl groups is 1. The average molecular weight is 828 g/mol. The van der Waals surface area contributed by atoms with Crippen LogP contribution in [0.1, 0.15) is 71.3 Å². The maximum atomic E-state index is 17.4. The van der Waals surface area contributed by atoms with Gasteiger partial charge in [-0.15, -0.1) is 6.42 Å². The fourth-order valence-electron chi connectivity index (χ4n) is 10.1. The van der Waals surface area contributed by atoms with Gasteiger partial charge in [-0.3, -0.25) is 4.90 Å². The first-order valence-corrected chi connectivity index (χ1v) is 21.1. The average Bonchev–Trinajstić information content (AvgIpc) is 3.57. The summed E-state index contributed by atoms with van der Waals surface area (Å²) in [6.45, 7) is 10.2. The third-order valence-corrected chi connectivity index (χ3v) is 12.8. The van der Waals surface area contributed by atoms with E-state index < -0.39 is 17.2 Å². The number of nitrogens with zero attached hydrogens (tertiary/aromatic N) is 6. The Bertz CT molecular complexity index is 2310. The van der Waals surface area contributed by atoms with Gasteiger partial charge in [0.05, 0.1) is 39.0 Å². The number of likely N-dealkylation sites (tertiary alicyclic amines) is 2. The van der Waals surface area contributed by atoms with Crippen LogP contribution in [-0.2, 0) is 4.74 Å². The molecule has 4 fully saturated rings. The van der Waals surface area contributed by atoms with E-state index >= 15 is 8.78 Å². The van der Waals surface area contributed by atoms with Gasteiger partial charge < -0.3 is 39.5 Å². The van der Waals surface area contributed by atoms with E-state index in [4.69, 9.17) is 30.6 Å². The molecule has 2 aromatic heterocycles. The van der Waals surface area contributed by atoms with Crippen LogP contribution < -0.4 is 19.7 Å². The second kappa shape index (κ2) is 16.8. The molecule has 0 radical (unpaired) electrons. The highest BCUT2D eigenvalue weighted by molar-refractivity contribution is 6.04. The topological polar surface area (TPSA) is 146 Å². The van der Waals surface area contributed by atoms with Gasteiger partial charge in [0.1, 0.15) is 39.6 Å². The van der Waals surface area contributed by atoms with Gasteiger partial charge in [-0.1, -0.05) is 18.4 Å². The van der Waals surface area contributed by atoms with Crippen LogP contribution in [0.2, 0.25) is 0 Å². The van der Waals surface area contributed by atoms with E-state index in [0.717, 1.165) is 71.1 Å². The summed E-state index contributed by atoms with van der Waals surface area (Å²) in [5.41, 5.74) is -1.88. The lowest BCUT2D eigenvalue weighted by Gasteiger charge is -2.47. The molecule has 320 valence electrons. The Morgan fingerprint density at radius 3 is 2.62 bits per heavy atom. The minimum atomic E-state index is -1.26. The molecule has 2 amide bonds. The molecule has 3 atom stereocenters. The number of methoxy groups -OCH3 is 1. The van der Waals surface area contributed by atoms with Crippen molar-refractivity contribution >= 4 is 33.5 Å². The number of β-amino-alcohol motifs (C(OH)–C–C–N with tert-alkyl or cyclic N) is 1. The number of anilines is 1. The van der Waals surface area contributed by atoms with Gasteiger partial charge >= 0.3 is 12.0 Å². The van der Waals surface area contributed by atoms with Gasteiger partial charge in [0.25, 0.3) is 0 Å². The molecule has 1 aliphatic carbocycles. The fourth-order valence-corrected chi connectivity index (χ4v) is 10.1. The van der Waals surface area contributed by atoms with Crippen molar-refractivity contribution in [3.8, 4) is 41.2 Å². The number of carbonyl (C=O) groups is 1. The van der Waals surface area contributed by atoms with E-state index in [-0.39, 0.29) is 93.8 Å². The van der Waals surface area contributed by atoms with Crippen LogP contribution >= 0.6 is 0 Å². The zero-order valence-electron chi connectivity index (χ0n) is 34.9. The van der Waals surface area contributed by atoms with Crippen molar-refractivity contribution in [2.24, 2.45) is 11.3 Å². The molecule has 5 heterocycles. The summed E-state index contributed by atoms with van der Waals surface area (Å²) in [6.07, 6.45) is 12.8. The maximum Gasteiger partial charge on any atom is 0.319 e. The SMILES string of the molecule is C#Cc1c(F)ccc2cc(O)cc(-c3nc(OC)c4c(N5CCOC[C@@](C)(O)C5)nc(OC[C@]56CCC[C@H]5N(CC5CCN(C(=O)NC(C)C)CC5)CCC6)nc4c3F)c12. The van der Waals surface area contributed by atoms with E-state index in [9.17, 15) is 15.0 Å². The van der Waals surface area contributed by atoms with Gasteiger partial charge in [0, 0.05) is 54.6 Å². The third-order valence-electron chi connectivity index (χ3n) is 12.8. The molecular formula is C45H55F2N7O6. The summed E-state index contributed by atoms with van der Waals surface area (Å²) in [4.78, 5) is 33.2. The number of fused-ring (bicyclic) bond motifs is 3. The molecule has 0 bridgehead atoms. The summed E-state index contributed by atoms with van der Waals surface area (Å²) < 4.78 is 50.7. The van der Waals surface area contributed by atoms with Crippen LogP contribution in [0, 0.1) is 35.3 Å². The Hall–Kier alpha value is -5.04. The van der Waals surface area contributed by atoms with Gasteiger partial charge in [-0.05, 0) is 95.3 Å². The van der Waals surface area contributed by atoms with E-state index in [2.05, 4.69) is 21.1 Å². The van der Waals surface area contributed by atoms with Gasteiger partial charge in [-0.2, -0.15) is 9.97 Å². The highest BCUT2D eigenvalue weighted by atomic mass is 19.1. The van der Waals surface area contributed by atoms with Gasteiger partial charge in [-0.25, -0.2) is 18.6 Å². The molecule has 2 aromatic carbocycles. The second-order valence-electron chi connectivity index (χ2n) is 17.7. The molecule has 13 nitrogen and oxygen atoms in total. The quantitative estimate of drug-likeness (QED) is 0.165. The Kier molecular flexibility index (Phi) is 11.7. The van der Waals surface area contributed by atoms with Crippen molar-refractivity contribution < 1.29 is 38.0 Å². The molecule has 15 heteroatoms. The summed E-state index contributed by atoms with van der Waals surface area (Å²) in [6, 6.07) is 5.75. The Morgan fingerprint density at radius 1 is 1.08 bits per heavy atom. The van der Waals surface area contributed by atoms with Crippen molar-refractivity contribution in [1.82, 2.24) is 30.1 Å². The number of halogens is 2. The number of ether oxygens (including phenoxy) is 3. The van der Waals surface area contributed by atoms with Crippen LogP contribution in [0.4, 0.5) is 19.4 Å². The van der Waals surface area contributed by atoms with Gasteiger partial charge in [0.15, 0.2) is 5.82 Å². The first-order valence-electron chi connectivity index (χ1n) is 21.1. The number of nitrogens with one attached hydrogen (secondary N) is 1. The molecular weight excluding hydrogens is 773 g/mol. The van der Waals surface area contributed by atoms with Crippen LogP contribution in [-0.4, -0.2) is 125 Å². The number of carbonyl (C=O) groups excluding carboxylic acids is 1. The van der Waals surface area contributed by atoms with E-state index in [1.54, 1.807) is 11.8 Å². The lowest BCUT2D eigenvalue weighted by Crippen LogP contribution is -2.54. The van der Waals surface area contributed by atoms with E-state index in [1.165, 1.54) is 31.4 Å². The zero-order valence-corrected chi connectivity index (χ0v) is 34.9. The van der Waals surface area contributed by atoms with Crippen LogP contribution in [0.3, 0.4) is 0 Å². The molecule has 4 aliphatic rings. The lowest BCUT2D eigenvalue weighted by atomic mass is 9.75. The van der Waals surface area contributed by atoms with Crippen molar-refractivity contribution in [1.29, 1.82) is 0 Å². The predicted octanol–water partition coefficient (Wildman–Crippen LogP) is 6.25. The lowest BCUT2D eigenvalue weighted by molar-refractivity contribution is -0.0124. The standard InChI is InChI=1S/C45H55F2N7O6/c1-6-31-33(46)11-10-29-21-30(55)22-32(35(29)31)38-37(47)39-36(41(49-38)58-5)40(54-19-20-59-25-44(4,57)24-54)51-42(50-39)60-26-45-14-7-9-34(45)53(16-8-15-45)23-28-12-17-52(18-13-28)43(56)48-27(2)3/h1,10-11,21-22,27-28,34,55,57H,7-9,12-20,23-26H2,2-5H3,(H,48,56)/t34-,44+,45-/m1/s1. The number of urea groups is 1. The monoisotopic (exact) mass is 827 g/mol. The Balaban J connectivity index is 1.15. The first kappa shape index (κ1) is 41.7. The van der Waals surface area contributed by atoms with Crippen molar-refractivity contribution in [2.75, 3.05) is 71.1 Å². The summed E-state index contributed by atoms with van der Waals surface area (Å²) >= 11 is 0. The van der Waals surface area contributed by atoms with E-state index in [1.807, 2.05) is 18.7 Å². The normalized spacial score (nSPS) is 24.1. The molecule has 4 aromatic rings. The number of phenols is 1. The second-order valence-corrected chi connectivity index (χ2v) is 17.7. The number of rotatable bonds is 9. The number of piperidine rings is 2. The summed E-state index contributed by atoms with van der Waals surface area (Å²) in [5, 5.41) is 25.8. The Morgan fingerprint density at radius 2 is 1.87 bits per heavy atom. The minimum Gasteiger partial charge on any atom is -0.508 e. The molecule has 60 heavy (non-hydrogen) atoms. The third kappa shape index (κ3) is 8.09. The predicted molar refractivity (Wildman–Crippen MR) is 224 cm³/mol. The number of hydrogen-bond acceptors (Lipinski definition) is 11. The molecule has 0 spiro atoms. The first-order chi connectivity index (χ1) is 28.8. The number of amides is 2. The number of pyridine rings is 1. The van der Waals surface area contributed by atoms with Crippen molar-refractivity contribution in [3.05, 3.63) is 41.5 Å². The van der Waals surface area contributed by atoms with Crippen LogP contribution in [0.5, 0.6) is 17.6 Å². The molecule has 3 aliphatic heterocycles. The molecule has 0 unspecified atom stereocenters. The largest absolute Gasteiger partial charge is 0.508 e. The number of hydrogen-bond donors (Lipinski definition) is 3. The smallest absolute Gasteiger partial charge is 0.319 e. The highest BCUT2D eigenvalue weighted by Crippen LogP contribution is 2.49. The van der Waals surface area contributed by atoms with Crippen LogP contribution in [0.15, 0.2) is 24.3 Å². The van der Waals surface area contributed by atoms with E-state index in [0.29, 0.717) is 30.5 Å². The number of benzene rings is 2. The summed E-state index contributed by atoms with van der Waals surface area (Å²) in [5.74, 6) is 1.36. The van der Waals surface area contributed by atoms with Crippen LogP contribution in [0.25, 0.3) is 32.9 Å². The Labute approximate surface area is 349 Å². The highest BCUT2D eigenvalue weighted by Gasteiger charge is 2.49. The summed E-state index contributed by atoms with van der Waals surface area (Å²) in [7, 11) is 1.40. The molecule has 1 saturated carbocycles. The number of terminal acetylenes is 1. The number of aromatic hydroxyl groups is 1. The number of phenolic OH excluding ortho intramolecular Hbond substituents is 1. The molecule has 3 saturated heterocycles. The van der Waals surface area contributed by atoms with Crippen molar-refractivity contribution in [3.63, 3.8) is 0 Å². The number of aromatic nitrogens is 3. The molecule has 8 rings (SSSR count). The van der Waals surface area contributed by atoms with Crippen molar-refractivity contribution in [2.45, 2.75) is 83.4 Å². The fraction of sp³-hybridized carbons (Fsp3) is 0.556. The zero-order chi connectivity index (χ0) is 42.3. The minimum absolute atomic E-state index is 0.00842. The molecule has 3 N–H and O–H groups in total.